The summed E-state index contributed by atoms with van der Waals surface area (Å²) in [6.07, 6.45) is 5.24. The third-order valence-corrected chi connectivity index (χ3v) is 4.62. The molecule has 110 valence electrons. The average Bonchev–Trinajstić information content (AvgIpc) is 2.98. The Morgan fingerprint density at radius 3 is 2.70 bits per heavy atom. The third-order valence-electron chi connectivity index (χ3n) is 4.62. The number of rotatable bonds is 5. The molecule has 2 fully saturated rings. The molecular formula is C17H26N2O. The van der Waals surface area contributed by atoms with E-state index in [9.17, 15) is 0 Å². The van der Waals surface area contributed by atoms with E-state index in [0.29, 0.717) is 6.04 Å². The summed E-state index contributed by atoms with van der Waals surface area (Å²) in [6.45, 7) is 5.26. The van der Waals surface area contributed by atoms with Crippen molar-refractivity contribution in [2.45, 2.75) is 44.4 Å². The number of ether oxygens (including phenoxy) is 1. The van der Waals surface area contributed by atoms with Crippen molar-refractivity contribution in [1.29, 1.82) is 0 Å². The summed E-state index contributed by atoms with van der Waals surface area (Å²) in [5, 5.41) is 3.46. The number of piperidine rings is 1. The second kappa shape index (κ2) is 7.21. The second-order valence-electron chi connectivity index (χ2n) is 6.02. The first-order valence-electron chi connectivity index (χ1n) is 8.01. The van der Waals surface area contributed by atoms with E-state index >= 15 is 0 Å². The van der Waals surface area contributed by atoms with Crippen LogP contribution in [0, 0.1) is 0 Å². The average molecular weight is 274 g/mol. The van der Waals surface area contributed by atoms with Crippen molar-refractivity contribution < 1.29 is 4.74 Å². The number of benzene rings is 1. The lowest BCUT2D eigenvalue weighted by atomic mass is 10.0. The predicted octanol–water partition coefficient (Wildman–Crippen LogP) is 2.42. The SMILES string of the molecule is c1ccc(COCC2CCCN2C2CCNCC2)cc1. The number of nitrogens with one attached hydrogen (secondary N) is 1. The quantitative estimate of drug-likeness (QED) is 0.892. The fourth-order valence-corrected chi connectivity index (χ4v) is 3.54. The summed E-state index contributed by atoms with van der Waals surface area (Å²) >= 11 is 0. The molecule has 2 aliphatic heterocycles. The van der Waals surface area contributed by atoms with E-state index in [1.165, 1.54) is 50.9 Å². The van der Waals surface area contributed by atoms with Crippen molar-refractivity contribution in [2.75, 3.05) is 26.2 Å². The first-order chi connectivity index (χ1) is 9.93. The first-order valence-corrected chi connectivity index (χ1v) is 8.01. The zero-order valence-corrected chi connectivity index (χ0v) is 12.3. The molecule has 1 atom stereocenters. The highest BCUT2D eigenvalue weighted by Gasteiger charge is 2.31. The second-order valence-corrected chi connectivity index (χ2v) is 6.02. The molecule has 0 spiro atoms. The van der Waals surface area contributed by atoms with Crippen LogP contribution in [0.4, 0.5) is 0 Å². The highest BCUT2D eigenvalue weighted by Crippen LogP contribution is 2.24. The van der Waals surface area contributed by atoms with E-state index < -0.39 is 0 Å². The number of likely N-dealkylation sites (tertiary alicyclic amines) is 1. The van der Waals surface area contributed by atoms with Crippen LogP contribution in [0.25, 0.3) is 0 Å². The van der Waals surface area contributed by atoms with Gasteiger partial charge in [0.25, 0.3) is 0 Å². The summed E-state index contributed by atoms with van der Waals surface area (Å²) < 4.78 is 5.97. The molecule has 0 aromatic heterocycles. The van der Waals surface area contributed by atoms with Gasteiger partial charge in [0.15, 0.2) is 0 Å². The summed E-state index contributed by atoms with van der Waals surface area (Å²) in [5.74, 6) is 0. The zero-order chi connectivity index (χ0) is 13.6. The van der Waals surface area contributed by atoms with Gasteiger partial charge in [-0.15, -0.1) is 0 Å². The Hall–Kier alpha value is -0.900. The Balaban J connectivity index is 1.46. The van der Waals surface area contributed by atoms with Crippen LogP contribution in [0.1, 0.15) is 31.2 Å². The van der Waals surface area contributed by atoms with Gasteiger partial charge in [0.05, 0.1) is 13.2 Å². The van der Waals surface area contributed by atoms with Crippen LogP contribution in [0.5, 0.6) is 0 Å². The van der Waals surface area contributed by atoms with Gasteiger partial charge < -0.3 is 10.1 Å². The molecule has 0 radical (unpaired) electrons. The molecule has 2 saturated heterocycles. The molecule has 1 N–H and O–H groups in total. The molecule has 3 heteroatoms. The zero-order valence-electron chi connectivity index (χ0n) is 12.3. The van der Waals surface area contributed by atoms with Crippen LogP contribution < -0.4 is 5.32 Å². The smallest absolute Gasteiger partial charge is 0.0717 e. The highest BCUT2D eigenvalue weighted by atomic mass is 16.5. The maximum absolute atomic E-state index is 5.97. The maximum atomic E-state index is 5.97. The first kappa shape index (κ1) is 14.1. The van der Waals surface area contributed by atoms with Gasteiger partial charge in [0, 0.05) is 12.1 Å². The van der Waals surface area contributed by atoms with Gasteiger partial charge in [0.1, 0.15) is 0 Å². The Morgan fingerprint density at radius 1 is 1.10 bits per heavy atom. The molecular weight excluding hydrogens is 248 g/mol. The maximum Gasteiger partial charge on any atom is 0.0717 e. The van der Waals surface area contributed by atoms with Gasteiger partial charge in [-0.25, -0.2) is 0 Å². The molecule has 2 aliphatic rings. The fraction of sp³-hybridized carbons (Fsp3) is 0.647. The normalized spacial score (nSPS) is 25.1. The Bertz CT molecular complexity index is 389. The molecule has 0 aliphatic carbocycles. The van der Waals surface area contributed by atoms with Gasteiger partial charge >= 0.3 is 0 Å². The number of hydrogen-bond acceptors (Lipinski definition) is 3. The Kier molecular flexibility index (Phi) is 5.06. The molecule has 3 nitrogen and oxygen atoms in total. The highest BCUT2D eigenvalue weighted by molar-refractivity contribution is 5.13. The molecule has 1 aromatic carbocycles. The van der Waals surface area contributed by atoms with Crippen LogP contribution in [0.15, 0.2) is 30.3 Å². The Labute approximate surface area is 122 Å². The summed E-state index contributed by atoms with van der Waals surface area (Å²) in [7, 11) is 0. The van der Waals surface area contributed by atoms with E-state index in [1.807, 2.05) is 0 Å². The van der Waals surface area contributed by atoms with Crippen LogP contribution in [-0.4, -0.2) is 43.2 Å². The standard InChI is InChI=1S/C17H26N2O/c1-2-5-15(6-3-1)13-20-14-17-7-4-12-19(17)16-8-10-18-11-9-16/h1-3,5-6,16-18H,4,7-14H2. The van der Waals surface area contributed by atoms with Crippen LogP contribution in [-0.2, 0) is 11.3 Å². The van der Waals surface area contributed by atoms with Crippen LogP contribution in [0.2, 0.25) is 0 Å². The summed E-state index contributed by atoms with van der Waals surface area (Å²) in [6, 6.07) is 11.9. The lowest BCUT2D eigenvalue weighted by Crippen LogP contribution is -2.46. The fourth-order valence-electron chi connectivity index (χ4n) is 3.54. The molecule has 20 heavy (non-hydrogen) atoms. The molecule has 3 rings (SSSR count). The minimum Gasteiger partial charge on any atom is -0.375 e. The molecule has 1 unspecified atom stereocenters. The van der Waals surface area contributed by atoms with Crippen molar-refractivity contribution in [1.82, 2.24) is 10.2 Å². The van der Waals surface area contributed by atoms with Gasteiger partial charge in [0.2, 0.25) is 0 Å². The van der Waals surface area contributed by atoms with Crippen molar-refractivity contribution in [2.24, 2.45) is 0 Å². The van der Waals surface area contributed by atoms with E-state index in [-0.39, 0.29) is 0 Å². The van der Waals surface area contributed by atoms with Crippen molar-refractivity contribution in [3.05, 3.63) is 35.9 Å². The van der Waals surface area contributed by atoms with Crippen molar-refractivity contribution >= 4 is 0 Å². The molecule has 0 amide bonds. The molecule has 0 bridgehead atoms. The van der Waals surface area contributed by atoms with E-state index in [4.69, 9.17) is 4.74 Å². The van der Waals surface area contributed by atoms with Crippen molar-refractivity contribution in [3.63, 3.8) is 0 Å². The van der Waals surface area contributed by atoms with Gasteiger partial charge in [-0.2, -0.15) is 0 Å². The topological polar surface area (TPSA) is 24.5 Å². The molecule has 0 saturated carbocycles. The monoisotopic (exact) mass is 274 g/mol. The minimum absolute atomic E-state index is 0.641. The van der Waals surface area contributed by atoms with Gasteiger partial charge in [-0.05, 0) is 50.9 Å². The number of hydrogen-bond donors (Lipinski definition) is 1. The van der Waals surface area contributed by atoms with E-state index in [1.54, 1.807) is 0 Å². The van der Waals surface area contributed by atoms with Crippen molar-refractivity contribution in [3.8, 4) is 0 Å². The van der Waals surface area contributed by atoms with Gasteiger partial charge in [-0.3, -0.25) is 4.90 Å². The molecule has 1 aromatic rings. The predicted molar refractivity (Wildman–Crippen MR) is 81.7 cm³/mol. The lowest BCUT2D eigenvalue weighted by Gasteiger charge is -2.35. The third kappa shape index (κ3) is 3.60. The summed E-state index contributed by atoms with van der Waals surface area (Å²) in [5.41, 5.74) is 1.28. The largest absolute Gasteiger partial charge is 0.375 e. The number of nitrogens with zero attached hydrogens (tertiary/aromatic N) is 1. The minimum atomic E-state index is 0.641. The van der Waals surface area contributed by atoms with Crippen LogP contribution >= 0.6 is 0 Å². The Morgan fingerprint density at radius 2 is 1.90 bits per heavy atom. The van der Waals surface area contributed by atoms with Crippen LogP contribution in [0.3, 0.4) is 0 Å². The van der Waals surface area contributed by atoms with Gasteiger partial charge in [-0.1, -0.05) is 30.3 Å². The lowest BCUT2D eigenvalue weighted by molar-refractivity contribution is 0.0443. The summed E-state index contributed by atoms with van der Waals surface area (Å²) in [4.78, 5) is 2.71. The van der Waals surface area contributed by atoms with E-state index in [0.717, 1.165) is 19.3 Å². The van der Waals surface area contributed by atoms with E-state index in [2.05, 4.69) is 40.5 Å². The molecule has 2 heterocycles.